The van der Waals surface area contributed by atoms with Crippen molar-refractivity contribution < 1.29 is 9.53 Å². The number of methoxy groups -OCH3 is 1. The van der Waals surface area contributed by atoms with Crippen LogP contribution in [0.2, 0.25) is 5.02 Å². The van der Waals surface area contributed by atoms with E-state index in [1.54, 1.807) is 25.4 Å². The van der Waals surface area contributed by atoms with Crippen LogP contribution >= 0.6 is 11.6 Å². The van der Waals surface area contributed by atoms with Gasteiger partial charge in [0.15, 0.2) is 0 Å². The Bertz CT molecular complexity index is 936. The number of hydrogen-bond donors (Lipinski definition) is 2. The molecule has 0 aliphatic heterocycles. The number of nitrogens with two attached hydrogens (primary N) is 1. The lowest BCUT2D eigenvalue weighted by molar-refractivity contribution is 0.102. The van der Waals surface area contributed by atoms with E-state index < -0.39 is 0 Å². The van der Waals surface area contributed by atoms with Crippen molar-refractivity contribution in [2.24, 2.45) is 0 Å². The van der Waals surface area contributed by atoms with E-state index in [1.165, 1.54) is 0 Å². The van der Waals surface area contributed by atoms with Gasteiger partial charge in [-0.05, 0) is 42.3 Å². The Morgan fingerprint density at radius 1 is 1.15 bits per heavy atom. The summed E-state index contributed by atoms with van der Waals surface area (Å²) in [7, 11) is 1.61. The van der Waals surface area contributed by atoms with Crippen molar-refractivity contribution in [1.82, 2.24) is 4.98 Å². The number of aromatic nitrogens is 1. The number of nitrogens with zero attached hydrogens (tertiary/aromatic N) is 1. The quantitative estimate of drug-likeness (QED) is 0.709. The molecule has 26 heavy (non-hydrogen) atoms. The molecular weight excluding hydrogens is 350 g/mol. The molecule has 0 saturated carbocycles. The van der Waals surface area contributed by atoms with Crippen molar-refractivity contribution in [2.45, 2.75) is 6.92 Å². The molecule has 3 aromatic rings. The highest BCUT2D eigenvalue weighted by Gasteiger charge is 2.15. The van der Waals surface area contributed by atoms with Gasteiger partial charge in [0.1, 0.15) is 11.6 Å². The van der Waals surface area contributed by atoms with Crippen LogP contribution in [0.3, 0.4) is 0 Å². The molecule has 0 unspecified atom stereocenters. The SMILES string of the molecule is COc1ccc(-c2cnc(N)c(C(=O)Nc3c(C)cccc3Cl)c2)cc1. The van der Waals surface area contributed by atoms with Crippen LogP contribution in [0, 0.1) is 6.92 Å². The smallest absolute Gasteiger partial charge is 0.259 e. The lowest BCUT2D eigenvalue weighted by Crippen LogP contribution is -2.16. The maximum absolute atomic E-state index is 12.7. The molecule has 3 N–H and O–H groups in total. The first-order chi connectivity index (χ1) is 12.5. The van der Waals surface area contributed by atoms with Crippen LogP contribution < -0.4 is 15.8 Å². The molecule has 1 amide bonds. The first-order valence-electron chi connectivity index (χ1n) is 7.96. The van der Waals surface area contributed by atoms with E-state index in [9.17, 15) is 4.79 Å². The molecule has 3 rings (SSSR count). The van der Waals surface area contributed by atoms with E-state index in [1.807, 2.05) is 43.3 Å². The largest absolute Gasteiger partial charge is 0.497 e. The topological polar surface area (TPSA) is 77.2 Å². The maximum atomic E-state index is 12.7. The average Bonchev–Trinajstić information content (AvgIpc) is 2.65. The zero-order chi connectivity index (χ0) is 18.7. The first kappa shape index (κ1) is 17.8. The minimum absolute atomic E-state index is 0.157. The Morgan fingerprint density at radius 3 is 2.54 bits per heavy atom. The van der Waals surface area contributed by atoms with Crippen LogP contribution in [-0.2, 0) is 0 Å². The second kappa shape index (κ2) is 7.45. The highest BCUT2D eigenvalue weighted by atomic mass is 35.5. The summed E-state index contributed by atoms with van der Waals surface area (Å²) in [4.78, 5) is 16.9. The average molecular weight is 368 g/mol. The molecule has 1 heterocycles. The fourth-order valence-corrected chi connectivity index (χ4v) is 2.84. The Labute approximate surface area is 156 Å². The summed E-state index contributed by atoms with van der Waals surface area (Å²) in [6.45, 7) is 1.87. The molecule has 0 atom stereocenters. The predicted octanol–water partition coefficient (Wildman–Crippen LogP) is 4.55. The summed E-state index contributed by atoms with van der Waals surface area (Å²) in [5.74, 6) is 0.551. The molecule has 0 bridgehead atoms. The molecule has 0 aliphatic rings. The summed E-state index contributed by atoms with van der Waals surface area (Å²) < 4.78 is 5.16. The Hall–Kier alpha value is -3.05. The van der Waals surface area contributed by atoms with Gasteiger partial charge in [-0.1, -0.05) is 35.9 Å². The van der Waals surface area contributed by atoms with Gasteiger partial charge >= 0.3 is 0 Å². The minimum Gasteiger partial charge on any atom is -0.497 e. The predicted molar refractivity (Wildman–Crippen MR) is 105 cm³/mol. The molecular formula is C20H18ClN3O2. The highest BCUT2D eigenvalue weighted by molar-refractivity contribution is 6.34. The number of rotatable bonds is 4. The van der Waals surface area contributed by atoms with Gasteiger partial charge in [0.2, 0.25) is 0 Å². The summed E-state index contributed by atoms with van der Waals surface area (Å²) >= 11 is 6.18. The maximum Gasteiger partial charge on any atom is 0.259 e. The summed E-state index contributed by atoms with van der Waals surface area (Å²) in [6.07, 6.45) is 1.63. The number of nitrogens with one attached hydrogen (secondary N) is 1. The third-order valence-electron chi connectivity index (χ3n) is 4.05. The first-order valence-corrected chi connectivity index (χ1v) is 8.34. The fourth-order valence-electron chi connectivity index (χ4n) is 2.57. The van der Waals surface area contributed by atoms with Gasteiger partial charge in [0.25, 0.3) is 5.91 Å². The summed E-state index contributed by atoms with van der Waals surface area (Å²) in [5.41, 5.74) is 9.32. The van der Waals surface area contributed by atoms with Gasteiger partial charge in [0.05, 0.1) is 23.4 Å². The number of halogens is 1. The molecule has 0 radical (unpaired) electrons. The molecule has 0 spiro atoms. The van der Waals surface area contributed by atoms with E-state index in [0.29, 0.717) is 10.7 Å². The zero-order valence-corrected chi connectivity index (χ0v) is 15.2. The molecule has 2 aromatic carbocycles. The number of ether oxygens (including phenoxy) is 1. The van der Waals surface area contributed by atoms with Crippen molar-refractivity contribution in [3.8, 4) is 16.9 Å². The van der Waals surface area contributed by atoms with Gasteiger partial charge in [0, 0.05) is 11.8 Å². The number of nitrogen functional groups attached to an aromatic ring is 1. The van der Waals surface area contributed by atoms with Gasteiger partial charge in [-0.2, -0.15) is 0 Å². The minimum atomic E-state index is -0.360. The molecule has 132 valence electrons. The number of para-hydroxylation sites is 1. The van der Waals surface area contributed by atoms with Gasteiger partial charge in [-0.3, -0.25) is 4.79 Å². The van der Waals surface area contributed by atoms with E-state index in [0.717, 1.165) is 22.4 Å². The fraction of sp³-hybridized carbons (Fsp3) is 0.100. The molecule has 0 fully saturated rings. The van der Waals surface area contributed by atoms with Crippen LogP contribution in [0.5, 0.6) is 5.75 Å². The van der Waals surface area contributed by atoms with Crippen molar-refractivity contribution in [1.29, 1.82) is 0 Å². The van der Waals surface area contributed by atoms with Crippen molar-refractivity contribution in [2.75, 3.05) is 18.2 Å². The Kier molecular flexibility index (Phi) is 5.09. The highest BCUT2D eigenvalue weighted by Crippen LogP contribution is 2.28. The molecule has 6 heteroatoms. The number of aryl methyl sites for hydroxylation is 1. The number of benzene rings is 2. The van der Waals surface area contributed by atoms with E-state index >= 15 is 0 Å². The summed E-state index contributed by atoms with van der Waals surface area (Å²) in [5, 5.41) is 3.29. The van der Waals surface area contributed by atoms with Crippen molar-refractivity contribution >= 4 is 29.0 Å². The van der Waals surface area contributed by atoms with Crippen molar-refractivity contribution in [3.63, 3.8) is 0 Å². The molecule has 0 aliphatic carbocycles. The monoisotopic (exact) mass is 367 g/mol. The number of carbonyl (C=O) groups excluding carboxylic acids is 1. The van der Waals surface area contributed by atoms with Gasteiger partial charge in [-0.15, -0.1) is 0 Å². The molecule has 0 saturated heterocycles. The van der Waals surface area contributed by atoms with Crippen LogP contribution in [-0.4, -0.2) is 18.0 Å². The number of pyridine rings is 1. The van der Waals surface area contributed by atoms with Crippen molar-refractivity contribution in [3.05, 3.63) is 70.9 Å². The lowest BCUT2D eigenvalue weighted by atomic mass is 10.0. The van der Waals surface area contributed by atoms with Crippen LogP contribution in [0.25, 0.3) is 11.1 Å². The molecule has 1 aromatic heterocycles. The number of anilines is 2. The number of carbonyl (C=O) groups is 1. The van der Waals surface area contributed by atoms with E-state index in [2.05, 4.69) is 10.3 Å². The third-order valence-corrected chi connectivity index (χ3v) is 4.36. The normalized spacial score (nSPS) is 10.4. The Balaban J connectivity index is 1.93. The standard InChI is InChI=1S/C20H18ClN3O2/c1-12-4-3-5-17(21)18(12)24-20(25)16-10-14(11-23-19(16)22)13-6-8-15(26-2)9-7-13/h3-11H,1-2H3,(H2,22,23)(H,24,25). The van der Waals surface area contributed by atoms with E-state index in [4.69, 9.17) is 22.1 Å². The summed E-state index contributed by atoms with van der Waals surface area (Å²) in [6, 6.07) is 14.6. The van der Waals surface area contributed by atoms with Gasteiger partial charge < -0.3 is 15.8 Å². The van der Waals surface area contributed by atoms with Crippen LogP contribution in [0.4, 0.5) is 11.5 Å². The number of hydrogen-bond acceptors (Lipinski definition) is 4. The second-order valence-corrected chi connectivity index (χ2v) is 6.18. The number of amides is 1. The van der Waals surface area contributed by atoms with Gasteiger partial charge in [-0.25, -0.2) is 4.98 Å². The van der Waals surface area contributed by atoms with E-state index in [-0.39, 0.29) is 17.3 Å². The second-order valence-electron chi connectivity index (χ2n) is 5.77. The lowest BCUT2D eigenvalue weighted by Gasteiger charge is -2.12. The van der Waals surface area contributed by atoms with Crippen LogP contribution in [0.1, 0.15) is 15.9 Å². The Morgan fingerprint density at radius 2 is 1.88 bits per heavy atom. The van der Waals surface area contributed by atoms with Crippen LogP contribution in [0.15, 0.2) is 54.7 Å². The molecule has 5 nitrogen and oxygen atoms in total. The third kappa shape index (κ3) is 3.63. The zero-order valence-electron chi connectivity index (χ0n) is 14.4.